The smallest absolute Gasteiger partial charge is 0.321 e. The summed E-state index contributed by atoms with van der Waals surface area (Å²) >= 11 is 0. The van der Waals surface area contributed by atoms with Gasteiger partial charge in [-0.25, -0.2) is 13.2 Å². The van der Waals surface area contributed by atoms with Gasteiger partial charge in [-0.2, -0.15) is 0 Å². The van der Waals surface area contributed by atoms with Gasteiger partial charge in [0.2, 0.25) is 5.91 Å². The topological polar surface area (TPSA) is 130 Å². The number of carboxylic acids is 1. The largest absolute Gasteiger partial charge is 0.481 e. The Morgan fingerprint density at radius 1 is 1.20 bits per heavy atom. The van der Waals surface area contributed by atoms with Crippen LogP contribution in [0.15, 0.2) is 0 Å². The number of carbonyl (C=O) groups excluding carboxylic acids is 2. The zero-order chi connectivity index (χ0) is 16.0. The van der Waals surface area contributed by atoms with Gasteiger partial charge in [0.1, 0.15) is 0 Å². The van der Waals surface area contributed by atoms with E-state index in [2.05, 4.69) is 5.32 Å². The molecule has 0 aliphatic rings. The fourth-order valence-electron chi connectivity index (χ4n) is 1.16. The van der Waals surface area contributed by atoms with Crippen LogP contribution in [-0.2, 0) is 19.4 Å². The van der Waals surface area contributed by atoms with Gasteiger partial charge in [-0.3, -0.25) is 14.9 Å². The first-order valence-electron chi connectivity index (χ1n) is 6.01. The van der Waals surface area contributed by atoms with Crippen LogP contribution in [0.4, 0.5) is 4.79 Å². The Kier molecular flexibility index (Phi) is 6.63. The molecule has 0 aromatic carbocycles. The number of aliphatic carboxylic acids is 1. The second-order valence-electron chi connectivity index (χ2n) is 4.91. The van der Waals surface area contributed by atoms with Crippen LogP contribution in [0.3, 0.4) is 0 Å². The minimum atomic E-state index is -3.19. The Balaban J connectivity index is 4.16. The first-order valence-corrected chi connectivity index (χ1v) is 7.84. The molecular formula is C11H20N2O6S. The monoisotopic (exact) mass is 308 g/mol. The number of carboxylic acid groups (broad SMARTS) is 1. The molecule has 0 saturated heterocycles. The van der Waals surface area contributed by atoms with E-state index >= 15 is 0 Å². The molecule has 0 aromatic rings. The number of imide groups is 1. The van der Waals surface area contributed by atoms with Gasteiger partial charge in [0.15, 0.2) is 9.84 Å². The Bertz CT molecular complexity index is 483. The van der Waals surface area contributed by atoms with Crippen LogP contribution in [0.25, 0.3) is 0 Å². The lowest BCUT2D eigenvalue weighted by Gasteiger charge is -2.17. The van der Waals surface area contributed by atoms with Crippen molar-refractivity contribution in [1.29, 1.82) is 0 Å². The maximum absolute atomic E-state index is 11.4. The molecule has 0 fully saturated rings. The van der Waals surface area contributed by atoms with E-state index in [0.717, 1.165) is 0 Å². The first-order chi connectivity index (χ1) is 9.00. The molecule has 0 aliphatic carbocycles. The predicted octanol–water partition coefficient (Wildman–Crippen LogP) is -0.252. The number of nitrogens with one attached hydrogen (secondary N) is 2. The molecule has 0 aromatic heterocycles. The number of sulfone groups is 1. The summed E-state index contributed by atoms with van der Waals surface area (Å²) in [4.78, 5) is 33.5. The molecule has 0 heterocycles. The van der Waals surface area contributed by atoms with Crippen molar-refractivity contribution in [2.24, 2.45) is 5.41 Å². The van der Waals surface area contributed by atoms with Crippen LogP contribution in [0, 0.1) is 5.41 Å². The fraction of sp³-hybridized carbons (Fsp3) is 0.727. The van der Waals surface area contributed by atoms with Crippen LogP contribution in [0.2, 0.25) is 0 Å². The Morgan fingerprint density at radius 2 is 1.75 bits per heavy atom. The summed E-state index contributed by atoms with van der Waals surface area (Å²) in [6.07, 6.45) is -0.358. The van der Waals surface area contributed by atoms with Crippen molar-refractivity contribution in [2.75, 3.05) is 18.1 Å². The first kappa shape index (κ1) is 18.4. The molecule has 0 spiro atoms. The standard InChI is InChI=1S/C11H20N2O6S/c1-4-20(18,19)6-5-12-10(17)13-8(14)7-11(2,3)9(15)16/h4-7H2,1-3H3,(H,15,16)(H2,12,13,14,17). The highest BCUT2D eigenvalue weighted by Gasteiger charge is 2.30. The zero-order valence-electron chi connectivity index (χ0n) is 11.7. The minimum absolute atomic E-state index is 0.0258. The second kappa shape index (κ2) is 7.22. The number of amides is 3. The van der Waals surface area contributed by atoms with Gasteiger partial charge in [0.25, 0.3) is 0 Å². The number of urea groups is 1. The number of hydrogen-bond acceptors (Lipinski definition) is 5. The number of hydrogen-bond donors (Lipinski definition) is 3. The molecule has 0 atom stereocenters. The van der Waals surface area contributed by atoms with E-state index in [9.17, 15) is 22.8 Å². The molecule has 0 aliphatic heterocycles. The molecule has 116 valence electrons. The SMILES string of the molecule is CCS(=O)(=O)CCNC(=O)NC(=O)CC(C)(C)C(=O)O. The summed E-state index contributed by atoms with van der Waals surface area (Å²) in [6.45, 7) is 4.10. The van der Waals surface area contributed by atoms with Crippen LogP contribution >= 0.6 is 0 Å². The summed E-state index contributed by atoms with van der Waals surface area (Å²) in [5.41, 5.74) is -1.28. The summed E-state index contributed by atoms with van der Waals surface area (Å²) < 4.78 is 22.3. The third-order valence-corrected chi connectivity index (χ3v) is 4.28. The molecular weight excluding hydrogens is 288 g/mol. The van der Waals surface area contributed by atoms with Crippen molar-refractivity contribution in [3.63, 3.8) is 0 Å². The highest BCUT2D eigenvalue weighted by molar-refractivity contribution is 7.91. The lowest BCUT2D eigenvalue weighted by Crippen LogP contribution is -2.43. The van der Waals surface area contributed by atoms with Crippen molar-refractivity contribution >= 4 is 27.7 Å². The third-order valence-electron chi connectivity index (χ3n) is 2.57. The van der Waals surface area contributed by atoms with Gasteiger partial charge in [-0.05, 0) is 13.8 Å². The van der Waals surface area contributed by atoms with Gasteiger partial charge in [-0.1, -0.05) is 6.92 Å². The Hall–Kier alpha value is -1.64. The quantitative estimate of drug-likeness (QED) is 0.594. The van der Waals surface area contributed by atoms with Crippen molar-refractivity contribution in [2.45, 2.75) is 27.2 Å². The van der Waals surface area contributed by atoms with E-state index in [4.69, 9.17) is 5.11 Å². The average molecular weight is 308 g/mol. The molecule has 0 bridgehead atoms. The lowest BCUT2D eigenvalue weighted by atomic mass is 9.89. The molecule has 0 unspecified atom stereocenters. The zero-order valence-corrected chi connectivity index (χ0v) is 12.5. The number of carbonyl (C=O) groups is 3. The van der Waals surface area contributed by atoms with Crippen molar-refractivity contribution in [3.05, 3.63) is 0 Å². The Labute approximate surface area is 117 Å². The van der Waals surface area contributed by atoms with Gasteiger partial charge < -0.3 is 10.4 Å². The third kappa shape index (κ3) is 7.07. The molecule has 20 heavy (non-hydrogen) atoms. The second-order valence-corrected chi connectivity index (χ2v) is 7.38. The van der Waals surface area contributed by atoms with Crippen LogP contribution in [-0.4, -0.2) is 49.5 Å². The minimum Gasteiger partial charge on any atom is -0.481 e. The highest BCUT2D eigenvalue weighted by atomic mass is 32.2. The summed E-state index contributed by atoms with van der Waals surface area (Å²) in [5, 5.41) is 13.0. The van der Waals surface area contributed by atoms with E-state index in [0.29, 0.717) is 0 Å². The van der Waals surface area contributed by atoms with Crippen molar-refractivity contribution in [1.82, 2.24) is 10.6 Å². The highest BCUT2D eigenvalue weighted by Crippen LogP contribution is 2.19. The fourth-order valence-corrected chi connectivity index (χ4v) is 1.86. The lowest BCUT2D eigenvalue weighted by molar-refractivity contribution is -0.149. The van der Waals surface area contributed by atoms with E-state index in [1.165, 1.54) is 20.8 Å². The normalized spacial score (nSPS) is 11.8. The average Bonchev–Trinajstić information content (AvgIpc) is 2.27. The maximum atomic E-state index is 11.4. The molecule has 3 N–H and O–H groups in total. The molecule has 9 heteroatoms. The van der Waals surface area contributed by atoms with E-state index in [1.807, 2.05) is 5.32 Å². The molecule has 0 rings (SSSR count). The summed E-state index contributed by atoms with van der Waals surface area (Å²) in [5.74, 6) is -2.14. The van der Waals surface area contributed by atoms with Gasteiger partial charge >= 0.3 is 12.0 Å². The van der Waals surface area contributed by atoms with Crippen LogP contribution in [0.5, 0.6) is 0 Å². The molecule has 0 saturated carbocycles. The molecule has 8 nitrogen and oxygen atoms in total. The van der Waals surface area contributed by atoms with Gasteiger partial charge in [-0.15, -0.1) is 0 Å². The van der Waals surface area contributed by atoms with E-state index in [1.54, 1.807) is 0 Å². The summed E-state index contributed by atoms with van der Waals surface area (Å²) in [7, 11) is -3.19. The van der Waals surface area contributed by atoms with E-state index < -0.39 is 33.2 Å². The van der Waals surface area contributed by atoms with E-state index in [-0.39, 0.29) is 24.5 Å². The van der Waals surface area contributed by atoms with Crippen LogP contribution in [0.1, 0.15) is 27.2 Å². The molecule has 0 radical (unpaired) electrons. The van der Waals surface area contributed by atoms with Crippen LogP contribution < -0.4 is 10.6 Å². The van der Waals surface area contributed by atoms with Crippen molar-refractivity contribution in [3.8, 4) is 0 Å². The van der Waals surface area contributed by atoms with Gasteiger partial charge in [0.05, 0.1) is 11.2 Å². The van der Waals surface area contributed by atoms with Gasteiger partial charge in [0, 0.05) is 18.7 Å². The number of rotatable bonds is 7. The van der Waals surface area contributed by atoms with Crippen molar-refractivity contribution < 1.29 is 27.9 Å². The predicted molar refractivity (Wildman–Crippen MR) is 71.9 cm³/mol. The summed E-state index contributed by atoms with van der Waals surface area (Å²) in [6, 6.07) is -0.845. The maximum Gasteiger partial charge on any atom is 0.321 e. The Morgan fingerprint density at radius 3 is 2.20 bits per heavy atom. The molecule has 3 amide bonds.